The maximum atomic E-state index is 6.77. The van der Waals surface area contributed by atoms with E-state index in [4.69, 9.17) is 11.8 Å². The van der Waals surface area contributed by atoms with E-state index in [9.17, 15) is 0 Å². The monoisotopic (exact) mass is 702 g/mol. The van der Waals surface area contributed by atoms with Gasteiger partial charge >= 0.3 is 0 Å². The number of rotatable bonds is 8. The Morgan fingerprint density at radius 2 is 0.442 bits per heavy atom. The van der Waals surface area contributed by atoms with E-state index in [1.54, 1.807) is 0 Å². The molecule has 0 aliphatic heterocycles. The van der Waals surface area contributed by atoms with Gasteiger partial charge < -0.3 is 0 Å². The van der Waals surface area contributed by atoms with Crippen LogP contribution in [0.15, 0.2) is 200 Å². The van der Waals surface area contributed by atoms with E-state index in [-0.39, 0.29) is 0 Å². The quantitative estimate of drug-likeness (QED) is 0.142. The Balaban J connectivity index is 1.05. The summed E-state index contributed by atoms with van der Waals surface area (Å²) in [6.45, 7) is 4.25. The van der Waals surface area contributed by atoms with Crippen LogP contribution >= 0.6 is 6.04 Å². The Labute approximate surface area is 313 Å². The van der Waals surface area contributed by atoms with Crippen LogP contribution in [-0.2, 0) is 11.8 Å². The maximum Gasteiger partial charge on any atom is 0.0379 e. The number of aryl methyl sites for hydroxylation is 2. The lowest BCUT2D eigenvalue weighted by atomic mass is 9.98. The molecular weight excluding hydrogens is 664 g/mol. The van der Waals surface area contributed by atoms with Gasteiger partial charge in [-0.25, -0.2) is 0 Å². The van der Waals surface area contributed by atoms with Gasteiger partial charge in [0.1, 0.15) is 0 Å². The van der Waals surface area contributed by atoms with Crippen molar-refractivity contribution in [3.05, 3.63) is 211 Å². The Morgan fingerprint density at radius 3 is 0.731 bits per heavy atom. The number of benzene rings is 8. The summed E-state index contributed by atoms with van der Waals surface area (Å²) in [5.74, 6) is 0. The second kappa shape index (κ2) is 14.6. The first kappa shape index (κ1) is 33.5. The van der Waals surface area contributed by atoms with Gasteiger partial charge in [-0.2, -0.15) is 0 Å². The molecule has 8 aromatic rings. The van der Waals surface area contributed by atoms with Crippen molar-refractivity contribution in [1.82, 2.24) is 0 Å². The summed E-state index contributed by atoms with van der Waals surface area (Å²) in [7, 11) is 0. The summed E-state index contributed by atoms with van der Waals surface area (Å²) in [6.07, 6.45) is 0. The average molecular weight is 703 g/mol. The van der Waals surface area contributed by atoms with Gasteiger partial charge in [0.2, 0.25) is 0 Å². The van der Waals surface area contributed by atoms with Gasteiger partial charge in [0.25, 0.3) is 0 Å². The summed E-state index contributed by atoms with van der Waals surface area (Å²) in [5.41, 5.74) is 14.6. The molecule has 0 saturated heterocycles. The van der Waals surface area contributed by atoms with Gasteiger partial charge in [-0.1, -0.05) is 223 Å². The fourth-order valence-electron chi connectivity index (χ4n) is 6.87. The summed E-state index contributed by atoms with van der Waals surface area (Å²) < 4.78 is 0. The van der Waals surface area contributed by atoms with Crippen LogP contribution in [-0.4, -0.2) is 0 Å². The van der Waals surface area contributed by atoms with E-state index in [0.29, 0.717) is 0 Å². The second-order valence-electron chi connectivity index (χ2n) is 13.5. The predicted octanol–water partition coefficient (Wildman–Crippen LogP) is 12.4. The van der Waals surface area contributed by atoms with E-state index in [1.807, 2.05) is 0 Å². The van der Waals surface area contributed by atoms with Crippen LogP contribution in [0.3, 0.4) is 0 Å². The highest BCUT2D eigenvalue weighted by molar-refractivity contribution is 8.25. The molecule has 1 atom stereocenters. The molecule has 0 amide bonds. The normalized spacial score (nSPS) is 12.3. The van der Waals surface area contributed by atoms with Gasteiger partial charge in [0.15, 0.2) is 0 Å². The molecule has 0 bridgehead atoms. The van der Waals surface area contributed by atoms with Crippen LogP contribution in [0.5, 0.6) is 0 Å². The molecule has 8 aromatic carbocycles. The molecule has 0 nitrogen and oxygen atoms in total. The first-order chi connectivity index (χ1) is 25.4. The first-order valence-corrected chi connectivity index (χ1v) is 20.6. The Morgan fingerprint density at radius 1 is 0.250 bits per heavy atom. The zero-order valence-corrected chi connectivity index (χ0v) is 31.1. The van der Waals surface area contributed by atoms with Gasteiger partial charge in [0.05, 0.1) is 0 Å². The smallest absolute Gasteiger partial charge is 0.0379 e. The van der Waals surface area contributed by atoms with Crippen molar-refractivity contribution >= 4 is 33.8 Å². The summed E-state index contributed by atoms with van der Waals surface area (Å²) in [6, 6.07) is 70.2. The van der Waals surface area contributed by atoms with Crippen LogP contribution in [0, 0.1) is 13.8 Å². The molecule has 0 fully saturated rings. The minimum absolute atomic E-state index is 1.18. The molecule has 0 aliphatic carbocycles. The van der Waals surface area contributed by atoms with E-state index in [2.05, 4.69) is 214 Å². The van der Waals surface area contributed by atoms with Gasteiger partial charge in [-0.3, -0.25) is 0 Å². The summed E-state index contributed by atoms with van der Waals surface area (Å²) in [4.78, 5) is 0. The van der Waals surface area contributed by atoms with Crippen LogP contribution in [0.1, 0.15) is 11.1 Å². The van der Waals surface area contributed by atoms with Crippen molar-refractivity contribution in [2.75, 3.05) is 0 Å². The highest BCUT2D eigenvalue weighted by atomic mass is 32.4. The third-order valence-electron chi connectivity index (χ3n) is 10.0. The maximum absolute atomic E-state index is 6.77. The van der Waals surface area contributed by atoms with E-state index in [0.717, 1.165) is 0 Å². The predicted molar refractivity (Wildman–Crippen MR) is 229 cm³/mol. The van der Waals surface area contributed by atoms with Crippen LogP contribution < -0.4 is 15.9 Å². The summed E-state index contributed by atoms with van der Waals surface area (Å²) >= 11 is 6.77. The number of hydrogen-bond donors (Lipinski definition) is 0. The van der Waals surface area contributed by atoms with Crippen LogP contribution in [0.25, 0.3) is 55.6 Å². The zero-order chi connectivity index (χ0) is 35.5. The molecule has 2 heteroatoms. The first-order valence-electron chi connectivity index (χ1n) is 17.8. The fraction of sp³-hybridized carbons (Fsp3) is 0.0400. The van der Waals surface area contributed by atoms with Gasteiger partial charge in [-0.15, -0.1) is 0 Å². The molecule has 0 aromatic heterocycles. The summed E-state index contributed by atoms with van der Waals surface area (Å²) in [5, 5.41) is 3.60. The lowest BCUT2D eigenvalue weighted by molar-refractivity contribution is 1.47. The largest absolute Gasteiger partial charge is 0.0826 e. The van der Waals surface area contributed by atoms with Crippen molar-refractivity contribution in [2.45, 2.75) is 13.8 Å². The fourth-order valence-corrected chi connectivity index (χ4v) is 10.6. The Bertz CT molecular complexity index is 2460. The minimum Gasteiger partial charge on any atom is -0.0826 e. The molecule has 8 rings (SSSR count). The second-order valence-corrected chi connectivity index (χ2v) is 17.9. The van der Waals surface area contributed by atoms with Crippen molar-refractivity contribution in [2.24, 2.45) is 0 Å². The molecule has 0 aliphatic rings. The lowest BCUT2D eigenvalue weighted by Crippen LogP contribution is -2.24. The highest BCUT2D eigenvalue weighted by Gasteiger charge is 2.25. The van der Waals surface area contributed by atoms with Crippen LogP contribution in [0.4, 0.5) is 0 Å². The Kier molecular flexibility index (Phi) is 9.40. The molecule has 0 N–H and O–H groups in total. The van der Waals surface area contributed by atoms with Crippen molar-refractivity contribution in [3.63, 3.8) is 0 Å². The van der Waals surface area contributed by atoms with Crippen molar-refractivity contribution in [1.29, 1.82) is 0 Å². The highest BCUT2D eigenvalue weighted by Crippen LogP contribution is 2.44. The molecule has 0 heterocycles. The standard InChI is InChI=1S/C50H39PS/c1-36-8-12-39(13-9-36)41-18-22-44(23-19-41)46-26-32-49(33-27-46)51(52,48-30-10-37(2)11-31-48)50-34-28-47(29-35-50)45-24-20-43(21-25-45)42-16-14-40(15-17-42)38-6-4-3-5-7-38/h3-35H,1-2H3. The molecule has 52 heavy (non-hydrogen) atoms. The minimum atomic E-state index is -2.31. The van der Waals surface area contributed by atoms with Gasteiger partial charge in [-0.05, 0) is 85.4 Å². The molecule has 1 unspecified atom stereocenters. The lowest BCUT2D eigenvalue weighted by Gasteiger charge is -2.25. The molecule has 0 radical (unpaired) electrons. The molecule has 0 saturated carbocycles. The number of hydrogen-bond acceptors (Lipinski definition) is 1. The van der Waals surface area contributed by atoms with E-state index < -0.39 is 6.04 Å². The van der Waals surface area contributed by atoms with Crippen molar-refractivity contribution < 1.29 is 0 Å². The van der Waals surface area contributed by atoms with Gasteiger partial charge in [0, 0.05) is 6.04 Å². The Hall–Kier alpha value is -5.59. The molecule has 0 spiro atoms. The van der Waals surface area contributed by atoms with E-state index >= 15 is 0 Å². The topological polar surface area (TPSA) is 0 Å². The van der Waals surface area contributed by atoms with Crippen LogP contribution in [0.2, 0.25) is 0 Å². The average Bonchev–Trinajstić information content (AvgIpc) is 3.22. The molecular formula is C50H39PS. The van der Waals surface area contributed by atoms with Crippen molar-refractivity contribution in [3.8, 4) is 55.6 Å². The third kappa shape index (κ3) is 6.87. The molecule has 250 valence electrons. The zero-order valence-electron chi connectivity index (χ0n) is 29.4. The SMILES string of the molecule is Cc1ccc(-c2ccc(-c3ccc(P(=S)(c4ccc(C)cc4)c4ccc(-c5ccc(-c6ccc(-c7ccccc7)cc6)cc5)cc4)cc3)cc2)cc1. The van der Waals surface area contributed by atoms with E-state index in [1.165, 1.54) is 82.7 Å². The third-order valence-corrected chi connectivity index (χ3v) is 15.0.